The van der Waals surface area contributed by atoms with E-state index in [-0.39, 0.29) is 6.61 Å². The number of para-hydroxylation sites is 1. The number of esters is 1. The fourth-order valence-electron chi connectivity index (χ4n) is 4.19. The monoisotopic (exact) mass is 543 g/mol. The predicted molar refractivity (Wildman–Crippen MR) is 142 cm³/mol. The second kappa shape index (κ2) is 11.9. The molecule has 5 nitrogen and oxygen atoms in total. The Hall–Kier alpha value is -3.59. The summed E-state index contributed by atoms with van der Waals surface area (Å²) in [6.45, 7) is 2.21. The third-order valence-electron chi connectivity index (χ3n) is 6.17. The molecule has 0 atom stereocenters. The van der Waals surface area contributed by atoms with Gasteiger partial charge in [-0.15, -0.1) is 11.8 Å². The minimum Gasteiger partial charge on any atom is -0.495 e. The summed E-state index contributed by atoms with van der Waals surface area (Å²) in [6.07, 6.45) is -1.48. The molecule has 0 radical (unpaired) electrons. The van der Waals surface area contributed by atoms with E-state index >= 15 is 0 Å². The van der Waals surface area contributed by atoms with Crippen LogP contribution in [0.25, 0.3) is 10.9 Å². The van der Waals surface area contributed by atoms with E-state index in [1.807, 2.05) is 31.2 Å². The summed E-state index contributed by atoms with van der Waals surface area (Å²) in [6, 6.07) is 17.1. The number of thioether (sulfide) groups is 1. The van der Waals surface area contributed by atoms with Gasteiger partial charge in [-0.3, -0.25) is 0 Å². The zero-order valence-electron chi connectivity index (χ0n) is 21.3. The lowest BCUT2D eigenvalue weighted by molar-refractivity contribution is -0.143. The number of aryl methyl sites for hydroxylation is 2. The molecule has 1 aromatic heterocycles. The lowest BCUT2D eigenvalue weighted by atomic mass is 10.1. The minimum atomic E-state index is -4.35. The van der Waals surface area contributed by atoms with Crippen LogP contribution in [0.5, 0.6) is 11.5 Å². The third kappa shape index (κ3) is 6.45. The zero-order valence-corrected chi connectivity index (χ0v) is 22.1. The third-order valence-corrected chi connectivity index (χ3v) is 7.21. The van der Waals surface area contributed by atoms with Crippen molar-refractivity contribution in [3.8, 4) is 11.5 Å². The number of ether oxygens (including phenoxy) is 3. The molecule has 200 valence electrons. The first-order valence-corrected chi connectivity index (χ1v) is 12.9. The topological polar surface area (TPSA) is 49.7 Å². The molecule has 1 heterocycles. The quantitative estimate of drug-likeness (QED) is 0.161. The highest BCUT2D eigenvalue weighted by atomic mass is 32.2. The molecule has 0 aliphatic heterocycles. The number of aromatic nitrogens is 1. The largest absolute Gasteiger partial charge is 0.495 e. The number of carbonyl (C=O) groups is 1. The van der Waals surface area contributed by atoms with Gasteiger partial charge in [-0.1, -0.05) is 30.3 Å². The number of carbonyl (C=O) groups excluding carboxylic acids is 1. The van der Waals surface area contributed by atoms with Gasteiger partial charge in [-0.2, -0.15) is 13.2 Å². The average molecular weight is 544 g/mol. The van der Waals surface area contributed by atoms with Crippen molar-refractivity contribution in [1.82, 2.24) is 4.57 Å². The Morgan fingerprint density at radius 2 is 1.74 bits per heavy atom. The lowest BCUT2D eigenvalue weighted by Gasteiger charge is -2.14. The SMILES string of the molecule is COC(=O)COc1cc(OC)c(SCCc2cn(Cc3ccc(C(F)(F)F)cc3)c3ccccc23)cc1C. The molecule has 9 heteroatoms. The molecule has 4 rings (SSSR count). The van der Waals surface area contributed by atoms with E-state index in [0.717, 1.165) is 56.8 Å². The molecule has 0 aliphatic carbocycles. The molecule has 0 N–H and O–H groups in total. The Labute approximate surface area is 223 Å². The summed E-state index contributed by atoms with van der Waals surface area (Å²) in [5.74, 6) is 1.54. The van der Waals surface area contributed by atoms with E-state index < -0.39 is 17.7 Å². The summed E-state index contributed by atoms with van der Waals surface area (Å²) < 4.78 is 56.6. The Morgan fingerprint density at radius 3 is 2.42 bits per heavy atom. The van der Waals surface area contributed by atoms with Crippen molar-refractivity contribution in [3.63, 3.8) is 0 Å². The molecule has 0 spiro atoms. The fraction of sp³-hybridized carbons (Fsp3) is 0.276. The van der Waals surface area contributed by atoms with Gasteiger partial charge in [0, 0.05) is 40.4 Å². The number of rotatable bonds is 10. The van der Waals surface area contributed by atoms with Gasteiger partial charge in [-0.25, -0.2) is 4.79 Å². The summed E-state index contributed by atoms with van der Waals surface area (Å²) in [5, 5.41) is 1.12. The maximum atomic E-state index is 12.9. The molecular weight excluding hydrogens is 515 g/mol. The molecule has 0 aliphatic rings. The zero-order chi connectivity index (χ0) is 27.3. The van der Waals surface area contributed by atoms with Crippen LogP contribution >= 0.6 is 11.8 Å². The van der Waals surface area contributed by atoms with Crippen LogP contribution in [0.4, 0.5) is 13.2 Å². The molecule has 0 saturated heterocycles. The summed E-state index contributed by atoms with van der Waals surface area (Å²) >= 11 is 1.66. The molecule has 0 fully saturated rings. The molecular formula is C29H28F3NO4S. The molecule has 0 unspecified atom stereocenters. The van der Waals surface area contributed by atoms with Crippen molar-refractivity contribution in [2.45, 2.75) is 31.0 Å². The van der Waals surface area contributed by atoms with Crippen LogP contribution in [0.3, 0.4) is 0 Å². The van der Waals surface area contributed by atoms with Gasteiger partial charge in [0.15, 0.2) is 6.61 Å². The second-order valence-electron chi connectivity index (χ2n) is 8.73. The molecule has 38 heavy (non-hydrogen) atoms. The van der Waals surface area contributed by atoms with Crippen LogP contribution in [-0.2, 0) is 28.7 Å². The van der Waals surface area contributed by atoms with Gasteiger partial charge >= 0.3 is 12.1 Å². The summed E-state index contributed by atoms with van der Waals surface area (Å²) in [7, 11) is 2.90. The second-order valence-corrected chi connectivity index (χ2v) is 9.86. The van der Waals surface area contributed by atoms with Crippen molar-refractivity contribution in [2.24, 2.45) is 0 Å². The highest BCUT2D eigenvalue weighted by Gasteiger charge is 2.29. The van der Waals surface area contributed by atoms with Crippen molar-refractivity contribution >= 4 is 28.6 Å². The predicted octanol–water partition coefficient (Wildman–Crippen LogP) is 6.91. The van der Waals surface area contributed by atoms with Gasteiger partial charge in [0.05, 0.1) is 19.8 Å². The first-order chi connectivity index (χ1) is 18.2. The lowest BCUT2D eigenvalue weighted by Crippen LogP contribution is -2.13. The van der Waals surface area contributed by atoms with E-state index in [1.165, 1.54) is 19.2 Å². The summed E-state index contributed by atoms with van der Waals surface area (Å²) in [4.78, 5) is 12.4. The highest BCUT2D eigenvalue weighted by molar-refractivity contribution is 7.99. The summed E-state index contributed by atoms with van der Waals surface area (Å²) in [5.41, 5.74) is 3.23. The number of benzene rings is 3. The smallest absolute Gasteiger partial charge is 0.416 e. The highest BCUT2D eigenvalue weighted by Crippen LogP contribution is 2.36. The molecule has 3 aromatic carbocycles. The molecule has 0 saturated carbocycles. The van der Waals surface area contributed by atoms with Crippen molar-refractivity contribution in [1.29, 1.82) is 0 Å². The van der Waals surface area contributed by atoms with Crippen LogP contribution in [0.1, 0.15) is 22.3 Å². The maximum Gasteiger partial charge on any atom is 0.416 e. The van der Waals surface area contributed by atoms with Crippen LogP contribution in [0, 0.1) is 6.92 Å². The van der Waals surface area contributed by atoms with Crippen LogP contribution in [0.2, 0.25) is 0 Å². The van der Waals surface area contributed by atoms with Crippen molar-refractivity contribution < 1.29 is 32.2 Å². The Balaban J connectivity index is 1.47. The molecule has 4 aromatic rings. The molecule has 0 amide bonds. The maximum absolute atomic E-state index is 12.9. The average Bonchev–Trinajstić information content (AvgIpc) is 3.25. The van der Waals surface area contributed by atoms with E-state index in [4.69, 9.17) is 9.47 Å². The first-order valence-electron chi connectivity index (χ1n) is 11.9. The van der Waals surface area contributed by atoms with Crippen LogP contribution < -0.4 is 9.47 Å². The van der Waals surface area contributed by atoms with E-state index in [0.29, 0.717) is 18.0 Å². The Morgan fingerprint density at radius 1 is 1.00 bits per heavy atom. The van der Waals surface area contributed by atoms with Gasteiger partial charge in [0.1, 0.15) is 11.5 Å². The first kappa shape index (κ1) is 27.4. The van der Waals surface area contributed by atoms with E-state index in [1.54, 1.807) is 24.9 Å². The number of hydrogen-bond donors (Lipinski definition) is 0. The number of halogens is 3. The van der Waals surface area contributed by atoms with Crippen LogP contribution in [-0.4, -0.2) is 37.1 Å². The standard InChI is InChI=1S/C29H28F3NO4S/c1-19-14-27(26(35-2)15-25(19)37-18-28(34)36-3)38-13-12-21-17-33(24-7-5-4-6-23(21)24)16-20-8-10-22(11-9-20)29(30,31)32/h4-11,14-15,17H,12-13,16,18H2,1-3H3. The molecule has 0 bridgehead atoms. The van der Waals surface area contributed by atoms with Crippen molar-refractivity contribution in [3.05, 3.63) is 89.1 Å². The number of nitrogens with zero attached hydrogens (tertiary/aromatic N) is 1. The van der Waals surface area contributed by atoms with Gasteiger partial charge in [-0.05, 0) is 54.3 Å². The number of methoxy groups -OCH3 is 2. The van der Waals surface area contributed by atoms with E-state index in [9.17, 15) is 18.0 Å². The number of hydrogen-bond acceptors (Lipinski definition) is 5. The van der Waals surface area contributed by atoms with Gasteiger partial charge in [0.25, 0.3) is 0 Å². The van der Waals surface area contributed by atoms with Crippen LogP contribution in [0.15, 0.2) is 71.8 Å². The Bertz CT molecular complexity index is 1410. The minimum absolute atomic E-state index is 0.177. The number of alkyl halides is 3. The normalized spacial score (nSPS) is 11.5. The van der Waals surface area contributed by atoms with Gasteiger partial charge < -0.3 is 18.8 Å². The Kier molecular flexibility index (Phi) is 8.56. The van der Waals surface area contributed by atoms with Gasteiger partial charge in [0.2, 0.25) is 0 Å². The van der Waals surface area contributed by atoms with Crippen molar-refractivity contribution in [2.75, 3.05) is 26.6 Å². The number of fused-ring (bicyclic) bond motifs is 1. The van der Waals surface area contributed by atoms with E-state index in [2.05, 4.69) is 21.6 Å². The fourth-order valence-corrected chi connectivity index (χ4v) is 5.27.